The fraction of sp³-hybridized carbons (Fsp3) is 0.118. The van der Waals surface area contributed by atoms with Crippen molar-refractivity contribution in [2.75, 3.05) is 7.11 Å². The van der Waals surface area contributed by atoms with Crippen molar-refractivity contribution in [2.24, 2.45) is 0 Å². The maximum atomic E-state index is 5.31. The molecule has 2 aromatic heterocycles. The zero-order valence-corrected chi connectivity index (χ0v) is 11.4. The van der Waals surface area contributed by atoms with E-state index in [1.165, 1.54) is 16.3 Å². The van der Waals surface area contributed by atoms with Crippen molar-refractivity contribution < 1.29 is 4.74 Å². The average molecular weight is 262 g/mol. The predicted molar refractivity (Wildman–Crippen MR) is 81.5 cm³/mol. The van der Waals surface area contributed by atoms with Crippen molar-refractivity contribution in [3.63, 3.8) is 0 Å². The highest BCUT2D eigenvalue weighted by atomic mass is 16.5. The largest absolute Gasteiger partial charge is 0.497 e. The fourth-order valence-corrected chi connectivity index (χ4v) is 2.88. The van der Waals surface area contributed by atoms with Gasteiger partial charge in [0.05, 0.1) is 29.4 Å². The molecule has 0 aliphatic heterocycles. The summed E-state index contributed by atoms with van der Waals surface area (Å²) in [5.41, 5.74) is 4.36. The predicted octanol–water partition coefficient (Wildman–Crippen LogP) is 3.96. The normalized spacial score (nSPS) is 11.5. The second-order valence-corrected chi connectivity index (χ2v) is 4.99. The Bertz CT molecular complexity index is 953. The number of ether oxygens (including phenoxy) is 1. The number of fused-ring (bicyclic) bond motifs is 5. The quantitative estimate of drug-likeness (QED) is 0.519. The summed E-state index contributed by atoms with van der Waals surface area (Å²) in [7, 11) is 1.69. The molecular weight excluding hydrogens is 248 g/mol. The van der Waals surface area contributed by atoms with Crippen LogP contribution < -0.4 is 4.74 Å². The van der Waals surface area contributed by atoms with Gasteiger partial charge in [-0.05, 0) is 37.3 Å². The lowest BCUT2D eigenvalue weighted by Gasteiger charge is -2.05. The molecule has 4 aromatic rings. The molecule has 0 saturated carbocycles. The number of hydrogen-bond acceptors (Lipinski definition) is 2. The summed E-state index contributed by atoms with van der Waals surface area (Å²) in [6.07, 6.45) is 2.16. The summed E-state index contributed by atoms with van der Waals surface area (Å²) in [4.78, 5) is 4.72. The Morgan fingerprint density at radius 3 is 2.80 bits per heavy atom. The first-order valence-electron chi connectivity index (χ1n) is 6.62. The molecule has 4 rings (SSSR count). The molecule has 3 heteroatoms. The van der Waals surface area contributed by atoms with E-state index >= 15 is 0 Å². The number of hydrogen-bond donors (Lipinski definition) is 0. The van der Waals surface area contributed by atoms with Gasteiger partial charge < -0.3 is 9.14 Å². The first-order valence-corrected chi connectivity index (χ1v) is 6.62. The summed E-state index contributed by atoms with van der Waals surface area (Å²) in [6, 6.07) is 14.4. The first-order chi connectivity index (χ1) is 9.78. The van der Waals surface area contributed by atoms with E-state index in [1.54, 1.807) is 7.11 Å². The van der Waals surface area contributed by atoms with Crippen molar-refractivity contribution in [1.82, 2.24) is 9.38 Å². The highest BCUT2D eigenvalue weighted by Crippen LogP contribution is 2.30. The second-order valence-electron chi connectivity index (χ2n) is 4.99. The van der Waals surface area contributed by atoms with E-state index in [2.05, 4.69) is 35.7 Å². The van der Waals surface area contributed by atoms with Crippen LogP contribution in [0.15, 0.2) is 48.7 Å². The monoisotopic (exact) mass is 262 g/mol. The Kier molecular flexibility index (Phi) is 2.24. The van der Waals surface area contributed by atoms with E-state index in [-0.39, 0.29) is 0 Å². The van der Waals surface area contributed by atoms with E-state index in [0.717, 1.165) is 22.5 Å². The lowest BCUT2D eigenvalue weighted by molar-refractivity contribution is 0.415. The molecule has 3 nitrogen and oxygen atoms in total. The maximum Gasteiger partial charge on any atom is 0.119 e. The van der Waals surface area contributed by atoms with Gasteiger partial charge in [-0.15, -0.1) is 0 Å². The zero-order valence-electron chi connectivity index (χ0n) is 11.4. The summed E-state index contributed by atoms with van der Waals surface area (Å²) in [5.74, 6) is 0.878. The molecule has 0 radical (unpaired) electrons. The first kappa shape index (κ1) is 11.3. The molecule has 0 aliphatic carbocycles. The number of nitrogens with zero attached hydrogens (tertiary/aromatic N) is 2. The Labute approximate surface area is 116 Å². The molecule has 20 heavy (non-hydrogen) atoms. The zero-order chi connectivity index (χ0) is 13.7. The van der Waals surface area contributed by atoms with Crippen molar-refractivity contribution in [3.05, 3.63) is 54.4 Å². The molecule has 2 heterocycles. The smallest absolute Gasteiger partial charge is 0.119 e. The van der Waals surface area contributed by atoms with Gasteiger partial charge in [-0.2, -0.15) is 0 Å². The summed E-state index contributed by atoms with van der Waals surface area (Å²) >= 11 is 0. The highest BCUT2D eigenvalue weighted by Gasteiger charge is 2.10. The van der Waals surface area contributed by atoms with Crippen molar-refractivity contribution in [3.8, 4) is 5.75 Å². The molecule has 0 fully saturated rings. The van der Waals surface area contributed by atoms with Crippen LogP contribution in [0, 0.1) is 6.92 Å². The number of benzene rings is 2. The van der Waals surface area contributed by atoms with Crippen LogP contribution in [0.4, 0.5) is 0 Å². The number of methoxy groups -OCH3 is 1. The molecule has 0 amide bonds. The van der Waals surface area contributed by atoms with Gasteiger partial charge in [0.1, 0.15) is 5.75 Å². The van der Waals surface area contributed by atoms with Crippen LogP contribution >= 0.6 is 0 Å². The maximum absolute atomic E-state index is 5.31. The minimum atomic E-state index is 0.878. The fourth-order valence-electron chi connectivity index (χ4n) is 2.88. The van der Waals surface area contributed by atoms with Crippen molar-refractivity contribution >= 4 is 27.3 Å². The Hall–Kier alpha value is -2.55. The van der Waals surface area contributed by atoms with Gasteiger partial charge in [-0.3, -0.25) is 0 Å². The summed E-state index contributed by atoms with van der Waals surface area (Å²) in [6.45, 7) is 2.06. The molecule has 0 atom stereocenters. The third-order valence-corrected chi connectivity index (χ3v) is 3.80. The number of rotatable bonds is 1. The third-order valence-electron chi connectivity index (χ3n) is 3.80. The number of aromatic nitrogens is 2. The van der Waals surface area contributed by atoms with E-state index < -0.39 is 0 Å². The van der Waals surface area contributed by atoms with Gasteiger partial charge in [0, 0.05) is 17.0 Å². The van der Waals surface area contributed by atoms with Gasteiger partial charge in [0.25, 0.3) is 0 Å². The van der Waals surface area contributed by atoms with Gasteiger partial charge in [0.2, 0.25) is 0 Å². The van der Waals surface area contributed by atoms with Gasteiger partial charge in [0.15, 0.2) is 0 Å². The van der Waals surface area contributed by atoms with Crippen LogP contribution in [-0.4, -0.2) is 16.5 Å². The Morgan fingerprint density at radius 2 is 1.95 bits per heavy atom. The van der Waals surface area contributed by atoms with Crippen LogP contribution in [0.25, 0.3) is 27.3 Å². The third kappa shape index (κ3) is 1.43. The summed E-state index contributed by atoms with van der Waals surface area (Å²) in [5, 5.41) is 2.38. The van der Waals surface area contributed by atoms with Crippen molar-refractivity contribution in [1.29, 1.82) is 0 Å². The standard InChI is InChI=1S/C17H14N2O/c1-11-17-14-8-7-13(20-2)9-12(14)10-19(17)16-6-4-3-5-15(16)18-11/h3-10H,1-2H3. The van der Waals surface area contributed by atoms with Gasteiger partial charge in [-0.1, -0.05) is 12.1 Å². The second kappa shape index (κ2) is 3.97. The van der Waals surface area contributed by atoms with E-state index in [1.807, 2.05) is 24.3 Å². The molecule has 98 valence electrons. The molecule has 0 N–H and O–H groups in total. The molecule has 0 spiro atoms. The number of aryl methyl sites for hydroxylation is 1. The minimum absolute atomic E-state index is 0.878. The van der Waals surface area contributed by atoms with Crippen LogP contribution in [0.3, 0.4) is 0 Å². The van der Waals surface area contributed by atoms with E-state index in [4.69, 9.17) is 9.72 Å². The molecule has 0 aliphatic rings. The molecule has 0 saturated heterocycles. The van der Waals surface area contributed by atoms with Crippen LogP contribution in [0.5, 0.6) is 5.75 Å². The highest BCUT2D eigenvalue weighted by molar-refractivity contribution is 6.01. The van der Waals surface area contributed by atoms with Crippen LogP contribution in [0.2, 0.25) is 0 Å². The lowest BCUT2D eigenvalue weighted by atomic mass is 10.2. The summed E-state index contributed by atoms with van der Waals surface area (Å²) < 4.78 is 7.54. The lowest BCUT2D eigenvalue weighted by Crippen LogP contribution is -1.93. The van der Waals surface area contributed by atoms with Crippen molar-refractivity contribution in [2.45, 2.75) is 6.92 Å². The SMILES string of the molecule is COc1ccc2c(c1)cn1c3ccccc3nc(C)c21. The Balaban J connectivity index is 2.25. The topological polar surface area (TPSA) is 26.5 Å². The van der Waals surface area contributed by atoms with Gasteiger partial charge >= 0.3 is 0 Å². The molecule has 2 aromatic carbocycles. The van der Waals surface area contributed by atoms with E-state index in [9.17, 15) is 0 Å². The molecule has 0 unspecified atom stereocenters. The van der Waals surface area contributed by atoms with Gasteiger partial charge in [-0.25, -0.2) is 4.98 Å². The van der Waals surface area contributed by atoms with E-state index in [0.29, 0.717) is 0 Å². The Morgan fingerprint density at radius 1 is 1.10 bits per heavy atom. The number of para-hydroxylation sites is 2. The molecular formula is C17H14N2O. The minimum Gasteiger partial charge on any atom is -0.497 e. The van der Waals surface area contributed by atoms with Crippen LogP contribution in [0.1, 0.15) is 5.69 Å². The van der Waals surface area contributed by atoms with Crippen LogP contribution in [-0.2, 0) is 0 Å². The average Bonchev–Trinajstić information content (AvgIpc) is 2.86. The molecule has 0 bridgehead atoms.